The molecule has 7 rings (SSSR count). The molecule has 8 heteroatoms. The van der Waals surface area contributed by atoms with E-state index in [9.17, 15) is 4.79 Å². The predicted octanol–water partition coefficient (Wildman–Crippen LogP) is 8.42. The summed E-state index contributed by atoms with van der Waals surface area (Å²) in [5, 5.41) is 7.86. The smallest absolute Gasteiger partial charge is 0.282 e. The Balaban J connectivity index is 1.41. The van der Waals surface area contributed by atoms with Crippen molar-refractivity contribution in [3.8, 4) is 11.6 Å². The number of rotatable bonds is 5. The maximum absolute atomic E-state index is 13.8. The molecule has 6 nitrogen and oxygen atoms in total. The summed E-state index contributed by atoms with van der Waals surface area (Å²) in [7, 11) is 0. The highest BCUT2D eigenvalue weighted by molar-refractivity contribution is 9.10. The lowest BCUT2D eigenvalue weighted by atomic mass is 10.1. The number of nitrogens with zero attached hydrogens (tertiary/aromatic N) is 4. The largest absolute Gasteiger partial charge is 0.453 e. The zero-order chi connectivity index (χ0) is 28.1. The number of aromatic nitrogens is 3. The van der Waals surface area contributed by atoms with Gasteiger partial charge in [0.15, 0.2) is 5.76 Å². The normalized spacial score (nSPS) is 11.9. The van der Waals surface area contributed by atoms with Crippen LogP contribution in [0.2, 0.25) is 5.02 Å². The molecule has 4 aromatic carbocycles. The summed E-state index contributed by atoms with van der Waals surface area (Å²) in [6, 6.07) is 30.9. The van der Waals surface area contributed by atoms with E-state index in [1.807, 2.05) is 78.9 Å². The Morgan fingerprint density at radius 2 is 1.71 bits per heavy atom. The zero-order valence-electron chi connectivity index (χ0n) is 21.9. The van der Waals surface area contributed by atoms with Gasteiger partial charge < -0.3 is 8.98 Å². The highest BCUT2D eigenvalue weighted by atomic mass is 79.9. The molecule has 7 aromatic rings. The minimum Gasteiger partial charge on any atom is -0.453 e. The molecule has 0 aliphatic carbocycles. The molecule has 0 fully saturated rings. The van der Waals surface area contributed by atoms with Gasteiger partial charge in [0.1, 0.15) is 5.58 Å². The van der Waals surface area contributed by atoms with Gasteiger partial charge in [0, 0.05) is 43.6 Å². The van der Waals surface area contributed by atoms with Crippen LogP contribution in [-0.2, 0) is 6.54 Å². The number of halogens is 2. The first-order chi connectivity index (χ1) is 20.0. The second-order valence-electron chi connectivity index (χ2n) is 9.80. The first kappa shape index (κ1) is 25.5. The average molecular weight is 622 g/mol. The molecule has 3 aromatic heterocycles. The van der Waals surface area contributed by atoms with Crippen molar-refractivity contribution in [2.45, 2.75) is 13.5 Å². The topological polar surface area (TPSA) is 65.3 Å². The molecule has 0 aliphatic rings. The van der Waals surface area contributed by atoms with Gasteiger partial charge in [-0.2, -0.15) is 9.78 Å². The molecule has 0 saturated carbocycles. The second kappa shape index (κ2) is 10.2. The third kappa shape index (κ3) is 4.47. The number of benzene rings is 4. The van der Waals surface area contributed by atoms with Gasteiger partial charge in [-0.3, -0.25) is 4.79 Å². The molecule has 0 bridgehead atoms. The van der Waals surface area contributed by atoms with Crippen LogP contribution in [0.4, 0.5) is 0 Å². The Kier molecular flexibility index (Phi) is 6.33. The van der Waals surface area contributed by atoms with E-state index in [0.717, 1.165) is 42.6 Å². The van der Waals surface area contributed by atoms with Crippen LogP contribution in [0.5, 0.6) is 0 Å². The number of hydrogen-bond acceptors (Lipinski definition) is 4. The van der Waals surface area contributed by atoms with Crippen molar-refractivity contribution < 1.29 is 4.42 Å². The molecule has 3 heterocycles. The van der Waals surface area contributed by atoms with E-state index in [1.165, 1.54) is 4.68 Å². The fourth-order valence-electron chi connectivity index (χ4n) is 5.25. The van der Waals surface area contributed by atoms with Gasteiger partial charge >= 0.3 is 0 Å². The molecule has 200 valence electrons. The maximum Gasteiger partial charge on any atom is 0.282 e. The van der Waals surface area contributed by atoms with Gasteiger partial charge in [-0.15, -0.1) is 0 Å². The standard InChI is InChI=1S/C33H22BrClN4O2/c1-20-26(24-9-4-7-13-29(24)38(20)19-21-8-2-5-11-27(21)35)18-36-39-32(37-28-12-6-3-10-25(28)33(39)40)31-17-22-16-23(34)14-15-30(22)41-31/h2-18H,19H2,1H3. The predicted molar refractivity (Wildman–Crippen MR) is 169 cm³/mol. The fraction of sp³-hybridized carbons (Fsp3) is 0.0606. The lowest BCUT2D eigenvalue weighted by Gasteiger charge is -2.10. The minimum absolute atomic E-state index is 0.277. The van der Waals surface area contributed by atoms with E-state index in [2.05, 4.69) is 39.6 Å². The van der Waals surface area contributed by atoms with Crippen molar-refractivity contribution in [3.63, 3.8) is 0 Å². The summed E-state index contributed by atoms with van der Waals surface area (Å²) in [6.45, 7) is 2.66. The minimum atomic E-state index is -0.277. The molecule has 0 radical (unpaired) electrons. The van der Waals surface area contributed by atoms with Crippen LogP contribution in [0.1, 0.15) is 16.8 Å². The first-order valence-corrected chi connectivity index (χ1v) is 14.2. The third-order valence-electron chi connectivity index (χ3n) is 7.32. The third-order valence-corrected chi connectivity index (χ3v) is 8.18. The number of para-hydroxylation sites is 2. The molecule has 0 aliphatic heterocycles. The second-order valence-corrected chi connectivity index (χ2v) is 11.1. The van der Waals surface area contributed by atoms with Crippen molar-refractivity contribution in [1.82, 2.24) is 14.2 Å². The van der Waals surface area contributed by atoms with Crippen molar-refractivity contribution in [1.29, 1.82) is 0 Å². The van der Waals surface area contributed by atoms with Crippen LogP contribution in [0.25, 0.3) is 44.4 Å². The molecule has 0 N–H and O–H groups in total. The average Bonchev–Trinajstić information content (AvgIpc) is 3.52. The van der Waals surface area contributed by atoms with E-state index >= 15 is 0 Å². The summed E-state index contributed by atoms with van der Waals surface area (Å²) in [4.78, 5) is 18.6. The summed E-state index contributed by atoms with van der Waals surface area (Å²) in [6.07, 6.45) is 1.74. The highest BCUT2D eigenvalue weighted by Crippen LogP contribution is 2.30. The SMILES string of the molecule is Cc1c(C=Nn2c(-c3cc4cc(Br)ccc4o3)nc3ccccc3c2=O)c2ccccc2n1Cc1ccccc1Cl. The Hall–Kier alpha value is -4.46. The summed E-state index contributed by atoms with van der Waals surface area (Å²) in [5.74, 6) is 0.783. The van der Waals surface area contributed by atoms with Gasteiger partial charge in [-0.25, -0.2) is 4.98 Å². The van der Waals surface area contributed by atoms with Crippen molar-refractivity contribution >= 4 is 66.5 Å². The molecule has 0 saturated heterocycles. The lowest BCUT2D eigenvalue weighted by Crippen LogP contribution is -2.20. The van der Waals surface area contributed by atoms with Crippen LogP contribution in [0, 0.1) is 6.92 Å². The summed E-state index contributed by atoms with van der Waals surface area (Å²) in [5.41, 5.74) is 4.99. The van der Waals surface area contributed by atoms with Gasteiger partial charge in [-0.05, 0) is 61.0 Å². The van der Waals surface area contributed by atoms with Crippen LogP contribution >= 0.6 is 27.5 Å². The van der Waals surface area contributed by atoms with Crippen LogP contribution < -0.4 is 5.56 Å². The van der Waals surface area contributed by atoms with E-state index in [-0.39, 0.29) is 5.56 Å². The molecular formula is C33H22BrClN4O2. The van der Waals surface area contributed by atoms with Gasteiger partial charge in [0.25, 0.3) is 5.56 Å². The molecule has 41 heavy (non-hydrogen) atoms. The van der Waals surface area contributed by atoms with Crippen LogP contribution in [-0.4, -0.2) is 20.4 Å². The number of furan rings is 1. The van der Waals surface area contributed by atoms with Gasteiger partial charge in [-0.1, -0.05) is 76.1 Å². The Morgan fingerprint density at radius 3 is 2.56 bits per heavy atom. The van der Waals surface area contributed by atoms with E-state index in [0.29, 0.717) is 34.6 Å². The summed E-state index contributed by atoms with van der Waals surface area (Å²) >= 11 is 10.0. The van der Waals surface area contributed by atoms with E-state index < -0.39 is 0 Å². The Morgan fingerprint density at radius 1 is 0.951 bits per heavy atom. The Bertz CT molecular complexity index is 2210. The molecule has 0 unspecified atom stereocenters. The lowest BCUT2D eigenvalue weighted by molar-refractivity contribution is 0.616. The zero-order valence-corrected chi connectivity index (χ0v) is 24.2. The van der Waals surface area contributed by atoms with Gasteiger partial charge in [0.05, 0.1) is 17.1 Å². The van der Waals surface area contributed by atoms with Crippen molar-refractivity contribution in [3.05, 3.63) is 134 Å². The quantitative estimate of drug-likeness (QED) is 0.181. The molecule has 0 amide bonds. The van der Waals surface area contributed by atoms with Crippen LogP contribution in [0.15, 0.2) is 116 Å². The van der Waals surface area contributed by atoms with Crippen molar-refractivity contribution in [2.75, 3.05) is 0 Å². The number of hydrogen-bond donors (Lipinski definition) is 0. The van der Waals surface area contributed by atoms with Crippen molar-refractivity contribution in [2.24, 2.45) is 5.10 Å². The van der Waals surface area contributed by atoms with E-state index in [4.69, 9.17) is 26.1 Å². The summed E-state index contributed by atoms with van der Waals surface area (Å²) < 4.78 is 10.6. The van der Waals surface area contributed by atoms with Gasteiger partial charge in [0.2, 0.25) is 5.82 Å². The van der Waals surface area contributed by atoms with Crippen LogP contribution in [0.3, 0.4) is 0 Å². The van der Waals surface area contributed by atoms with E-state index in [1.54, 1.807) is 12.3 Å². The Labute approximate surface area is 248 Å². The first-order valence-electron chi connectivity index (χ1n) is 13.0. The number of fused-ring (bicyclic) bond motifs is 3. The fourth-order valence-corrected chi connectivity index (χ4v) is 5.83. The maximum atomic E-state index is 13.8. The molecule has 0 atom stereocenters. The monoisotopic (exact) mass is 620 g/mol. The highest BCUT2D eigenvalue weighted by Gasteiger charge is 2.18. The molecule has 0 spiro atoms. The molecular weight excluding hydrogens is 600 g/mol.